The molecule has 1 N–H and O–H groups in total. The topological polar surface area (TPSA) is 50.2 Å². The Labute approximate surface area is 125 Å². The van der Waals surface area contributed by atoms with E-state index in [0.29, 0.717) is 5.82 Å². The fraction of sp³-hybridized carbons (Fsp3) is 0.353. The predicted molar refractivity (Wildman–Crippen MR) is 87.4 cm³/mol. The summed E-state index contributed by atoms with van der Waals surface area (Å²) in [4.78, 5) is 0. The molecule has 0 radical (unpaired) electrons. The number of anilines is 1. The van der Waals surface area contributed by atoms with Crippen LogP contribution in [0.4, 0.5) is 5.82 Å². The Morgan fingerprint density at radius 1 is 1.19 bits per heavy atom. The highest BCUT2D eigenvalue weighted by atomic mass is 15.3. The second-order valence-electron chi connectivity index (χ2n) is 6.50. The lowest BCUT2D eigenvalue weighted by Crippen LogP contribution is -2.22. The Kier molecular flexibility index (Phi) is 3.45. The molecule has 4 nitrogen and oxygen atoms in total. The molecule has 0 atom stereocenters. The molecule has 1 aromatic carbocycles. The second kappa shape index (κ2) is 5.28. The molecule has 1 aliphatic rings. The maximum absolute atomic E-state index is 4.54. The van der Waals surface area contributed by atoms with E-state index in [-0.39, 0.29) is 5.41 Å². The minimum Gasteiger partial charge on any atom is -0.259 e. The molecule has 0 aliphatic heterocycles. The van der Waals surface area contributed by atoms with Crippen LogP contribution in [0.15, 0.2) is 47.2 Å². The molecule has 108 valence electrons. The highest BCUT2D eigenvalue weighted by Crippen LogP contribution is 2.33. The van der Waals surface area contributed by atoms with Gasteiger partial charge in [0.2, 0.25) is 0 Å². The SMILES string of the molecule is CC1=C/C(=N/Nc2nncc3ccccc23)CC(C)(C)C1. The van der Waals surface area contributed by atoms with Gasteiger partial charge in [0, 0.05) is 10.8 Å². The van der Waals surface area contributed by atoms with Crippen LogP contribution in [0.5, 0.6) is 0 Å². The van der Waals surface area contributed by atoms with Crippen LogP contribution in [0.1, 0.15) is 33.6 Å². The van der Waals surface area contributed by atoms with Crippen molar-refractivity contribution in [1.29, 1.82) is 0 Å². The summed E-state index contributed by atoms with van der Waals surface area (Å²) in [6, 6.07) is 8.04. The number of aromatic nitrogens is 2. The Morgan fingerprint density at radius 2 is 2.00 bits per heavy atom. The number of nitrogens with zero attached hydrogens (tertiary/aromatic N) is 3. The van der Waals surface area contributed by atoms with E-state index in [1.165, 1.54) is 5.57 Å². The molecule has 3 rings (SSSR count). The standard InChI is InChI=1S/C17H20N4/c1-12-8-14(10-17(2,3)9-12)19-21-16-15-7-5-4-6-13(15)11-18-20-16/h4-8,11H,9-10H2,1-3H3,(H,20,21)/b19-14-. The van der Waals surface area contributed by atoms with E-state index in [1.807, 2.05) is 24.3 Å². The Bertz CT molecular complexity index is 723. The molecule has 21 heavy (non-hydrogen) atoms. The van der Waals surface area contributed by atoms with E-state index < -0.39 is 0 Å². The molecule has 0 amide bonds. The number of nitrogens with one attached hydrogen (secondary N) is 1. The molecule has 1 heterocycles. The van der Waals surface area contributed by atoms with Crippen LogP contribution in [0, 0.1) is 5.41 Å². The highest BCUT2D eigenvalue weighted by Gasteiger charge is 2.24. The summed E-state index contributed by atoms with van der Waals surface area (Å²) in [6.45, 7) is 6.71. The smallest absolute Gasteiger partial charge is 0.176 e. The predicted octanol–water partition coefficient (Wildman–Crippen LogP) is 4.16. The zero-order chi connectivity index (χ0) is 14.9. The van der Waals surface area contributed by atoms with E-state index in [1.54, 1.807) is 6.20 Å². The van der Waals surface area contributed by atoms with Crippen LogP contribution < -0.4 is 5.43 Å². The molecule has 1 aliphatic carbocycles. The summed E-state index contributed by atoms with van der Waals surface area (Å²) >= 11 is 0. The molecule has 0 unspecified atom stereocenters. The van der Waals surface area contributed by atoms with Gasteiger partial charge in [0.15, 0.2) is 5.82 Å². The summed E-state index contributed by atoms with van der Waals surface area (Å²) in [6.07, 6.45) is 6.02. The van der Waals surface area contributed by atoms with E-state index in [9.17, 15) is 0 Å². The van der Waals surface area contributed by atoms with Gasteiger partial charge in [0.05, 0.1) is 11.9 Å². The summed E-state index contributed by atoms with van der Waals surface area (Å²) in [5.74, 6) is 0.704. The van der Waals surface area contributed by atoms with Crippen molar-refractivity contribution in [1.82, 2.24) is 10.2 Å². The average molecular weight is 280 g/mol. The molecule has 0 bridgehead atoms. The third kappa shape index (κ3) is 3.10. The van der Waals surface area contributed by atoms with Gasteiger partial charge in [-0.3, -0.25) is 5.43 Å². The van der Waals surface area contributed by atoms with Crippen molar-refractivity contribution in [2.75, 3.05) is 5.43 Å². The zero-order valence-electron chi connectivity index (χ0n) is 12.7. The number of rotatable bonds is 2. The van der Waals surface area contributed by atoms with Crippen molar-refractivity contribution < 1.29 is 0 Å². The van der Waals surface area contributed by atoms with Crippen molar-refractivity contribution in [2.24, 2.45) is 10.5 Å². The Hall–Kier alpha value is -2.23. The largest absolute Gasteiger partial charge is 0.259 e. The molecule has 0 spiro atoms. The minimum atomic E-state index is 0.268. The van der Waals surface area contributed by atoms with Crippen molar-refractivity contribution in [3.05, 3.63) is 42.1 Å². The molecule has 4 heteroatoms. The molecular formula is C17H20N4. The number of hydrazone groups is 1. The van der Waals surface area contributed by atoms with Crippen molar-refractivity contribution >= 4 is 22.3 Å². The van der Waals surface area contributed by atoms with Gasteiger partial charge in [-0.2, -0.15) is 10.2 Å². The number of fused-ring (bicyclic) bond motifs is 1. The quantitative estimate of drug-likeness (QED) is 0.840. The highest BCUT2D eigenvalue weighted by molar-refractivity contribution is 5.98. The van der Waals surface area contributed by atoms with Crippen LogP contribution in [0.2, 0.25) is 0 Å². The monoisotopic (exact) mass is 280 g/mol. The van der Waals surface area contributed by atoms with Crippen LogP contribution in [0.3, 0.4) is 0 Å². The molecule has 0 saturated carbocycles. The van der Waals surface area contributed by atoms with Crippen molar-refractivity contribution in [3.63, 3.8) is 0 Å². The van der Waals surface area contributed by atoms with Crippen LogP contribution >= 0.6 is 0 Å². The minimum absolute atomic E-state index is 0.268. The summed E-state index contributed by atoms with van der Waals surface area (Å²) < 4.78 is 0. The Balaban J connectivity index is 1.90. The van der Waals surface area contributed by atoms with Gasteiger partial charge in [-0.15, -0.1) is 5.10 Å². The fourth-order valence-corrected chi connectivity index (χ4v) is 3.00. The molecule has 0 fully saturated rings. The lowest BCUT2D eigenvalue weighted by molar-refractivity contribution is 0.373. The third-order valence-corrected chi connectivity index (χ3v) is 3.71. The molecule has 0 saturated heterocycles. The zero-order valence-corrected chi connectivity index (χ0v) is 12.7. The van der Waals surface area contributed by atoms with Crippen LogP contribution in [-0.4, -0.2) is 15.9 Å². The molecule has 2 aromatic rings. The average Bonchev–Trinajstić information content (AvgIpc) is 2.43. The molecular weight excluding hydrogens is 260 g/mol. The van der Waals surface area contributed by atoms with E-state index in [0.717, 1.165) is 29.3 Å². The summed E-state index contributed by atoms with van der Waals surface area (Å²) in [5.41, 5.74) is 5.79. The molecule has 1 aromatic heterocycles. The number of hydrogen-bond acceptors (Lipinski definition) is 4. The van der Waals surface area contributed by atoms with E-state index in [4.69, 9.17) is 0 Å². The first-order chi connectivity index (χ1) is 10.0. The van der Waals surface area contributed by atoms with E-state index >= 15 is 0 Å². The second-order valence-corrected chi connectivity index (χ2v) is 6.50. The van der Waals surface area contributed by atoms with Gasteiger partial charge < -0.3 is 0 Å². The first kappa shape index (κ1) is 13.7. The maximum atomic E-state index is 4.54. The van der Waals surface area contributed by atoms with Gasteiger partial charge in [0.25, 0.3) is 0 Å². The van der Waals surface area contributed by atoms with Crippen LogP contribution in [-0.2, 0) is 0 Å². The van der Waals surface area contributed by atoms with Gasteiger partial charge in [-0.1, -0.05) is 43.7 Å². The summed E-state index contributed by atoms with van der Waals surface area (Å²) in [7, 11) is 0. The normalized spacial score (nSPS) is 19.6. The van der Waals surface area contributed by atoms with Gasteiger partial charge in [-0.05, 0) is 31.3 Å². The van der Waals surface area contributed by atoms with Gasteiger partial charge >= 0.3 is 0 Å². The first-order valence-corrected chi connectivity index (χ1v) is 7.24. The lowest BCUT2D eigenvalue weighted by Gasteiger charge is -2.29. The fourth-order valence-electron chi connectivity index (χ4n) is 3.00. The lowest BCUT2D eigenvalue weighted by atomic mass is 9.77. The number of hydrogen-bond donors (Lipinski definition) is 1. The Morgan fingerprint density at radius 3 is 2.81 bits per heavy atom. The maximum Gasteiger partial charge on any atom is 0.176 e. The summed E-state index contributed by atoms with van der Waals surface area (Å²) in [5, 5.41) is 14.8. The number of benzene rings is 1. The van der Waals surface area contributed by atoms with E-state index in [2.05, 4.69) is 47.6 Å². The van der Waals surface area contributed by atoms with Crippen molar-refractivity contribution in [3.8, 4) is 0 Å². The van der Waals surface area contributed by atoms with Gasteiger partial charge in [-0.25, -0.2) is 0 Å². The van der Waals surface area contributed by atoms with Crippen molar-refractivity contribution in [2.45, 2.75) is 33.6 Å². The number of allylic oxidation sites excluding steroid dienone is 2. The van der Waals surface area contributed by atoms with Crippen LogP contribution in [0.25, 0.3) is 10.8 Å². The van der Waals surface area contributed by atoms with Gasteiger partial charge in [0.1, 0.15) is 0 Å². The third-order valence-electron chi connectivity index (χ3n) is 3.71. The first-order valence-electron chi connectivity index (χ1n) is 7.24.